The lowest BCUT2D eigenvalue weighted by Crippen LogP contribution is -2.05. The number of aromatic nitrogens is 2. The van der Waals surface area contributed by atoms with Gasteiger partial charge in [0.1, 0.15) is 10.3 Å². The highest BCUT2D eigenvalue weighted by Gasteiger charge is 2.22. The Kier molecular flexibility index (Phi) is 3.42. The molecule has 0 amide bonds. The second kappa shape index (κ2) is 5.04. The molecule has 0 aliphatic heterocycles. The predicted octanol–water partition coefficient (Wildman–Crippen LogP) is 4.71. The molecule has 0 aromatic carbocycles. The van der Waals surface area contributed by atoms with Crippen molar-refractivity contribution >= 4 is 21.6 Å². The van der Waals surface area contributed by atoms with Crippen LogP contribution < -0.4 is 0 Å². The molecule has 3 rings (SSSR count). The van der Waals surface area contributed by atoms with Crippen LogP contribution in [0.1, 0.15) is 56.2 Å². The summed E-state index contributed by atoms with van der Waals surface area (Å²) in [5.74, 6) is 0.651. The van der Waals surface area contributed by atoms with E-state index in [1.807, 2.05) is 0 Å². The molecule has 0 spiro atoms. The number of hydrogen-bond donors (Lipinski definition) is 0. The van der Waals surface area contributed by atoms with Crippen LogP contribution in [0.5, 0.6) is 0 Å². The number of aryl methyl sites for hydroxylation is 1. The SMILES string of the molecule is CCc1cccn2c(Br)c(C3CCCCC3)nc12. The standard InChI is InChI=1S/C15H19BrN2/c1-2-11-9-6-10-18-14(16)13(17-15(11)18)12-7-4-3-5-8-12/h6,9-10,12H,2-5,7-8H2,1H3. The van der Waals surface area contributed by atoms with E-state index in [-0.39, 0.29) is 0 Å². The first kappa shape index (κ1) is 12.2. The molecule has 2 aromatic rings. The molecule has 0 unspecified atom stereocenters. The van der Waals surface area contributed by atoms with E-state index in [0.29, 0.717) is 5.92 Å². The van der Waals surface area contributed by atoms with E-state index < -0.39 is 0 Å². The van der Waals surface area contributed by atoms with Crippen LogP contribution >= 0.6 is 15.9 Å². The predicted molar refractivity (Wildman–Crippen MR) is 78.1 cm³/mol. The Balaban J connectivity index is 2.09. The van der Waals surface area contributed by atoms with Gasteiger partial charge in [0.2, 0.25) is 0 Å². The number of rotatable bonds is 2. The van der Waals surface area contributed by atoms with Gasteiger partial charge in [-0.3, -0.25) is 4.40 Å². The molecule has 1 fully saturated rings. The van der Waals surface area contributed by atoms with Gasteiger partial charge < -0.3 is 0 Å². The van der Waals surface area contributed by atoms with Crippen LogP contribution in [0.15, 0.2) is 22.9 Å². The first-order valence-electron chi connectivity index (χ1n) is 6.96. The zero-order chi connectivity index (χ0) is 12.5. The summed E-state index contributed by atoms with van der Waals surface area (Å²) in [7, 11) is 0. The van der Waals surface area contributed by atoms with Crippen LogP contribution in [0, 0.1) is 0 Å². The maximum absolute atomic E-state index is 4.92. The third kappa shape index (κ3) is 1.99. The molecule has 3 heteroatoms. The molecule has 18 heavy (non-hydrogen) atoms. The number of fused-ring (bicyclic) bond motifs is 1. The summed E-state index contributed by atoms with van der Waals surface area (Å²) < 4.78 is 3.36. The largest absolute Gasteiger partial charge is 0.294 e. The Hall–Kier alpha value is -0.830. The zero-order valence-electron chi connectivity index (χ0n) is 10.8. The Morgan fingerprint density at radius 2 is 2.11 bits per heavy atom. The van der Waals surface area contributed by atoms with Gasteiger partial charge in [-0.2, -0.15) is 0 Å². The van der Waals surface area contributed by atoms with Gasteiger partial charge in [0.15, 0.2) is 0 Å². The van der Waals surface area contributed by atoms with Crippen LogP contribution in [0.4, 0.5) is 0 Å². The number of nitrogens with zero attached hydrogens (tertiary/aromatic N) is 2. The highest BCUT2D eigenvalue weighted by molar-refractivity contribution is 9.10. The van der Waals surface area contributed by atoms with E-state index in [2.05, 4.69) is 45.6 Å². The zero-order valence-corrected chi connectivity index (χ0v) is 12.4. The van der Waals surface area contributed by atoms with Crippen LogP contribution in [0.3, 0.4) is 0 Å². The smallest absolute Gasteiger partial charge is 0.141 e. The first-order chi connectivity index (χ1) is 8.81. The van der Waals surface area contributed by atoms with Crippen molar-refractivity contribution in [1.82, 2.24) is 9.38 Å². The average Bonchev–Trinajstić information content (AvgIpc) is 2.77. The minimum atomic E-state index is 0.651. The molecule has 2 aromatic heterocycles. The number of pyridine rings is 1. The van der Waals surface area contributed by atoms with E-state index in [0.717, 1.165) is 12.1 Å². The van der Waals surface area contributed by atoms with Crippen molar-refractivity contribution in [1.29, 1.82) is 0 Å². The fourth-order valence-corrected chi connectivity index (χ4v) is 3.72. The fourth-order valence-electron chi connectivity index (χ4n) is 3.02. The Bertz CT molecular complexity index is 553. The van der Waals surface area contributed by atoms with Gasteiger partial charge in [0, 0.05) is 12.1 Å². The Morgan fingerprint density at radius 3 is 2.83 bits per heavy atom. The molecule has 0 N–H and O–H groups in total. The van der Waals surface area contributed by atoms with Crippen LogP contribution in [-0.2, 0) is 6.42 Å². The van der Waals surface area contributed by atoms with Gasteiger partial charge >= 0.3 is 0 Å². The minimum Gasteiger partial charge on any atom is -0.294 e. The minimum absolute atomic E-state index is 0.651. The highest BCUT2D eigenvalue weighted by atomic mass is 79.9. The van der Waals surface area contributed by atoms with Gasteiger partial charge in [0.25, 0.3) is 0 Å². The van der Waals surface area contributed by atoms with Gasteiger partial charge in [-0.05, 0) is 46.8 Å². The highest BCUT2D eigenvalue weighted by Crippen LogP contribution is 2.36. The normalized spacial score (nSPS) is 17.4. The van der Waals surface area contributed by atoms with E-state index >= 15 is 0 Å². The molecule has 96 valence electrons. The first-order valence-corrected chi connectivity index (χ1v) is 7.76. The van der Waals surface area contributed by atoms with Gasteiger partial charge in [-0.15, -0.1) is 0 Å². The van der Waals surface area contributed by atoms with Gasteiger partial charge in [0.05, 0.1) is 5.69 Å². The topological polar surface area (TPSA) is 17.3 Å². The number of imidazole rings is 1. The Morgan fingerprint density at radius 1 is 1.33 bits per heavy atom. The second-order valence-electron chi connectivity index (χ2n) is 5.20. The summed E-state index contributed by atoms with van der Waals surface area (Å²) in [5, 5.41) is 0. The summed E-state index contributed by atoms with van der Waals surface area (Å²) in [6.07, 6.45) is 9.84. The summed E-state index contributed by atoms with van der Waals surface area (Å²) in [6, 6.07) is 4.29. The average molecular weight is 307 g/mol. The van der Waals surface area contributed by atoms with Crippen molar-refractivity contribution < 1.29 is 0 Å². The summed E-state index contributed by atoms with van der Waals surface area (Å²) in [4.78, 5) is 4.92. The third-order valence-corrected chi connectivity index (χ3v) is 4.86. The van der Waals surface area contributed by atoms with Crippen molar-refractivity contribution in [3.05, 3.63) is 34.2 Å². The Labute approximate surface area is 117 Å². The molecule has 2 heterocycles. The van der Waals surface area contributed by atoms with Gasteiger partial charge in [-0.1, -0.05) is 32.3 Å². The van der Waals surface area contributed by atoms with E-state index in [4.69, 9.17) is 4.98 Å². The quantitative estimate of drug-likeness (QED) is 0.785. The molecular formula is C15H19BrN2. The van der Waals surface area contributed by atoms with E-state index in [1.165, 1.54) is 48.0 Å². The summed E-state index contributed by atoms with van der Waals surface area (Å²) >= 11 is 3.75. The van der Waals surface area contributed by atoms with E-state index in [9.17, 15) is 0 Å². The lowest BCUT2D eigenvalue weighted by Gasteiger charge is -2.19. The van der Waals surface area contributed by atoms with Crippen molar-refractivity contribution in [2.45, 2.75) is 51.4 Å². The number of halogens is 1. The van der Waals surface area contributed by atoms with Crippen molar-refractivity contribution in [2.75, 3.05) is 0 Å². The van der Waals surface area contributed by atoms with Gasteiger partial charge in [-0.25, -0.2) is 4.98 Å². The third-order valence-electron chi connectivity index (χ3n) is 4.07. The van der Waals surface area contributed by atoms with Crippen LogP contribution in [0.2, 0.25) is 0 Å². The molecule has 1 aliphatic carbocycles. The molecule has 0 atom stereocenters. The number of hydrogen-bond acceptors (Lipinski definition) is 1. The van der Waals surface area contributed by atoms with Crippen LogP contribution in [0.25, 0.3) is 5.65 Å². The van der Waals surface area contributed by atoms with Crippen molar-refractivity contribution in [2.24, 2.45) is 0 Å². The maximum Gasteiger partial charge on any atom is 0.141 e. The van der Waals surface area contributed by atoms with Crippen molar-refractivity contribution in [3.8, 4) is 0 Å². The molecule has 0 radical (unpaired) electrons. The van der Waals surface area contributed by atoms with Crippen LogP contribution in [-0.4, -0.2) is 9.38 Å². The maximum atomic E-state index is 4.92. The van der Waals surface area contributed by atoms with E-state index in [1.54, 1.807) is 0 Å². The monoisotopic (exact) mass is 306 g/mol. The lowest BCUT2D eigenvalue weighted by atomic mass is 9.87. The summed E-state index contributed by atoms with van der Waals surface area (Å²) in [6.45, 7) is 2.19. The molecular weight excluding hydrogens is 288 g/mol. The lowest BCUT2D eigenvalue weighted by molar-refractivity contribution is 0.436. The molecule has 0 bridgehead atoms. The summed E-state index contributed by atoms with van der Waals surface area (Å²) in [5.41, 5.74) is 3.74. The molecule has 2 nitrogen and oxygen atoms in total. The molecule has 1 saturated carbocycles. The van der Waals surface area contributed by atoms with Crippen molar-refractivity contribution in [3.63, 3.8) is 0 Å². The fraction of sp³-hybridized carbons (Fsp3) is 0.533. The molecule has 1 aliphatic rings. The second-order valence-corrected chi connectivity index (χ2v) is 5.95. The molecule has 0 saturated heterocycles.